The lowest BCUT2D eigenvalue weighted by Crippen LogP contribution is -3.09. The molecule has 0 radical (unpaired) electrons. The standard InChI is InChI=1S/C17H22FN3O2/c1-21(10-13-5-6-15(23-2)14(18)9-13)11-16(22)20-17(12-19)7-3-4-8-17/h5-6,9H,3-4,7-8,10-11H2,1-2H3,(H,20,22)/p+1. The van der Waals surface area contributed by atoms with Gasteiger partial charge in [-0.15, -0.1) is 0 Å². The molecule has 6 heteroatoms. The average molecular weight is 320 g/mol. The van der Waals surface area contributed by atoms with E-state index >= 15 is 0 Å². The molecule has 1 atom stereocenters. The molecule has 0 saturated heterocycles. The van der Waals surface area contributed by atoms with Crippen LogP contribution in [0, 0.1) is 17.1 Å². The molecule has 1 aliphatic carbocycles. The Morgan fingerprint density at radius 1 is 1.48 bits per heavy atom. The minimum Gasteiger partial charge on any atom is -0.494 e. The second kappa shape index (κ2) is 7.42. The molecule has 2 rings (SSSR count). The van der Waals surface area contributed by atoms with E-state index in [1.165, 1.54) is 13.2 Å². The van der Waals surface area contributed by atoms with Gasteiger partial charge in [-0.1, -0.05) is 0 Å². The summed E-state index contributed by atoms with van der Waals surface area (Å²) in [5.74, 6) is -0.335. The second-order valence-corrected chi connectivity index (χ2v) is 6.23. The van der Waals surface area contributed by atoms with Crippen molar-refractivity contribution in [3.05, 3.63) is 29.6 Å². The number of nitrogens with one attached hydrogen (secondary N) is 2. The molecule has 2 N–H and O–H groups in total. The third kappa shape index (κ3) is 4.42. The van der Waals surface area contributed by atoms with Crippen molar-refractivity contribution in [1.29, 1.82) is 5.26 Å². The summed E-state index contributed by atoms with van der Waals surface area (Å²) >= 11 is 0. The summed E-state index contributed by atoms with van der Waals surface area (Å²) in [4.78, 5) is 13.1. The maximum atomic E-state index is 13.7. The van der Waals surface area contributed by atoms with Crippen molar-refractivity contribution < 1.29 is 18.8 Å². The molecule has 0 spiro atoms. The van der Waals surface area contributed by atoms with E-state index in [1.807, 2.05) is 7.05 Å². The Kier molecular flexibility index (Phi) is 5.56. The minimum atomic E-state index is -0.691. The number of likely N-dealkylation sites (N-methyl/N-ethyl adjacent to an activating group) is 1. The summed E-state index contributed by atoms with van der Waals surface area (Å²) in [6, 6.07) is 7.04. The SMILES string of the molecule is COc1ccc(C[NH+](C)CC(=O)NC2(C#N)CCCC2)cc1F. The first-order valence-corrected chi connectivity index (χ1v) is 7.84. The fourth-order valence-corrected chi connectivity index (χ4v) is 3.06. The number of carbonyl (C=O) groups excluding carboxylic acids is 1. The van der Waals surface area contributed by atoms with Gasteiger partial charge in [-0.2, -0.15) is 5.26 Å². The quantitative estimate of drug-likeness (QED) is 0.815. The Morgan fingerprint density at radius 2 is 2.17 bits per heavy atom. The molecule has 0 heterocycles. The van der Waals surface area contributed by atoms with Crippen LogP contribution in [-0.2, 0) is 11.3 Å². The molecular weight excluding hydrogens is 297 g/mol. The number of quaternary nitrogens is 1. The number of nitriles is 1. The van der Waals surface area contributed by atoms with Crippen LogP contribution in [0.15, 0.2) is 18.2 Å². The Morgan fingerprint density at radius 3 is 2.74 bits per heavy atom. The molecule has 1 fully saturated rings. The summed E-state index contributed by atoms with van der Waals surface area (Å²) in [6.07, 6.45) is 3.39. The minimum absolute atomic E-state index is 0.139. The Labute approximate surface area is 136 Å². The van der Waals surface area contributed by atoms with Gasteiger partial charge in [0.05, 0.1) is 20.2 Å². The number of nitrogens with zero attached hydrogens (tertiary/aromatic N) is 1. The van der Waals surface area contributed by atoms with Crippen LogP contribution in [0.5, 0.6) is 5.75 Å². The van der Waals surface area contributed by atoms with Gasteiger partial charge in [0.15, 0.2) is 18.1 Å². The monoisotopic (exact) mass is 320 g/mol. The number of hydrogen-bond donors (Lipinski definition) is 2. The van der Waals surface area contributed by atoms with E-state index in [0.717, 1.165) is 36.1 Å². The smallest absolute Gasteiger partial charge is 0.276 e. The van der Waals surface area contributed by atoms with Gasteiger partial charge in [0.1, 0.15) is 12.1 Å². The Hall–Kier alpha value is -2.13. The summed E-state index contributed by atoms with van der Waals surface area (Å²) in [7, 11) is 3.29. The topological polar surface area (TPSA) is 66.6 Å². The van der Waals surface area contributed by atoms with Crippen molar-refractivity contribution in [2.75, 3.05) is 20.7 Å². The van der Waals surface area contributed by atoms with Crippen LogP contribution in [0.4, 0.5) is 4.39 Å². The number of rotatable bonds is 6. The number of methoxy groups -OCH3 is 1. The molecule has 1 aromatic rings. The molecule has 1 aromatic carbocycles. The third-order valence-corrected chi connectivity index (χ3v) is 4.23. The van der Waals surface area contributed by atoms with Crippen LogP contribution < -0.4 is 15.0 Å². The lowest BCUT2D eigenvalue weighted by Gasteiger charge is -2.23. The van der Waals surface area contributed by atoms with Crippen molar-refractivity contribution in [2.24, 2.45) is 0 Å². The number of benzene rings is 1. The summed E-state index contributed by atoms with van der Waals surface area (Å²) < 4.78 is 18.6. The zero-order valence-corrected chi connectivity index (χ0v) is 13.6. The second-order valence-electron chi connectivity index (χ2n) is 6.23. The molecule has 1 amide bonds. The van der Waals surface area contributed by atoms with E-state index in [2.05, 4.69) is 11.4 Å². The predicted molar refractivity (Wildman–Crippen MR) is 83.4 cm³/mol. The van der Waals surface area contributed by atoms with Gasteiger partial charge >= 0.3 is 0 Å². The van der Waals surface area contributed by atoms with E-state index in [1.54, 1.807) is 12.1 Å². The van der Waals surface area contributed by atoms with E-state index < -0.39 is 11.4 Å². The number of ether oxygens (including phenoxy) is 1. The molecule has 124 valence electrons. The number of halogens is 1. The molecular formula is C17H23FN3O2+. The molecule has 23 heavy (non-hydrogen) atoms. The largest absolute Gasteiger partial charge is 0.494 e. The summed E-state index contributed by atoms with van der Waals surface area (Å²) in [6.45, 7) is 0.769. The van der Waals surface area contributed by atoms with Crippen molar-refractivity contribution in [2.45, 2.75) is 37.8 Å². The molecule has 5 nitrogen and oxygen atoms in total. The van der Waals surface area contributed by atoms with Gasteiger partial charge in [-0.3, -0.25) is 4.79 Å². The van der Waals surface area contributed by atoms with Crippen LogP contribution in [-0.4, -0.2) is 32.1 Å². The first-order chi connectivity index (χ1) is 11.0. The number of hydrogen-bond acceptors (Lipinski definition) is 3. The van der Waals surface area contributed by atoms with Crippen LogP contribution in [0.1, 0.15) is 31.2 Å². The first-order valence-electron chi connectivity index (χ1n) is 7.84. The van der Waals surface area contributed by atoms with Gasteiger partial charge < -0.3 is 15.0 Å². The number of carbonyl (C=O) groups is 1. The fourth-order valence-electron chi connectivity index (χ4n) is 3.06. The van der Waals surface area contributed by atoms with Crippen LogP contribution in [0.2, 0.25) is 0 Å². The predicted octanol–water partition coefficient (Wildman–Crippen LogP) is 0.802. The van der Waals surface area contributed by atoms with E-state index in [-0.39, 0.29) is 18.2 Å². The van der Waals surface area contributed by atoms with Crippen LogP contribution in [0.25, 0.3) is 0 Å². The van der Waals surface area contributed by atoms with E-state index in [9.17, 15) is 14.4 Å². The van der Waals surface area contributed by atoms with Crippen molar-refractivity contribution >= 4 is 5.91 Å². The zero-order valence-electron chi connectivity index (χ0n) is 13.6. The fraction of sp³-hybridized carbons (Fsp3) is 0.529. The maximum absolute atomic E-state index is 13.7. The van der Waals surface area contributed by atoms with Crippen molar-refractivity contribution in [3.63, 3.8) is 0 Å². The summed E-state index contributed by atoms with van der Waals surface area (Å²) in [5, 5.41) is 12.2. The third-order valence-electron chi connectivity index (χ3n) is 4.23. The van der Waals surface area contributed by atoms with Gasteiger partial charge in [0.25, 0.3) is 5.91 Å². The molecule has 0 aromatic heterocycles. The van der Waals surface area contributed by atoms with Crippen molar-refractivity contribution in [3.8, 4) is 11.8 Å². The highest BCUT2D eigenvalue weighted by atomic mass is 19.1. The van der Waals surface area contributed by atoms with Gasteiger partial charge in [-0.25, -0.2) is 4.39 Å². The van der Waals surface area contributed by atoms with Gasteiger partial charge in [0.2, 0.25) is 0 Å². The van der Waals surface area contributed by atoms with Crippen molar-refractivity contribution in [1.82, 2.24) is 5.32 Å². The van der Waals surface area contributed by atoms with E-state index in [0.29, 0.717) is 6.54 Å². The zero-order chi connectivity index (χ0) is 16.9. The highest BCUT2D eigenvalue weighted by Gasteiger charge is 2.35. The van der Waals surface area contributed by atoms with Gasteiger partial charge in [0, 0.05) is 5.56 Å². The lowest BCUT2D eigenvalue weighted by atomic mass is 10.00. The Balaban J connectivity index is 1.89. The van der Waals surface area contributed by atoms with Gasteiger partial charge in [-0.05, 0) is 43.9 Å². The molecule has 1 saturated carbocycles. The normalized spacial score (nSPS) is 17.3. The summed E-state index contributed by atoms with van der Waals surface area (Å²) in [5.41, 5.74) is 0.105. The molecule has 0 aliphatic heterocycles. The molecule has 0 bridgehead atoms. The highest BCUT2D eigenvalue weighted by molar-refractivity contribution is 5.78. The maximum Gasteiger partial charge on any atom is 0.276 e. The number of amides is 1. The first kappa shape index (κ1) is 17.2. The van der Waals surface area contributed by atoms with E-state index in [4.69, 9.17) is 4.74 Å². The molecule has 1 aliphatic rings. The lowest BCUT2D eigenvalue weighted by molar-refractivity contribution is -0.885. The Bertz CT molecular complexity index is 606. The molecule has 1 unspecified atom stereocenters. The van der Waals surface area contributed by atoms with Crippen LogP contribution in [0.3, 0.4) is 0 Å². The van der Waals surface area contributed by atoms with Crippen LogP contribution >= 0.6 is 0 Å². The highest BCUT2D eigenvalue weighted by Crippen LogP contribution is 2.28. The average Bonchev–Trinajstić information content (AvgIpc) is 2.96.